The highest BCUT2D eigenvalue weighted by Crippen LogP contribution is 2.14. The maximum Gasteiger partial charge on any atom is 0.262 e. The Balaban J connectivity index is 1.37. The molecule has 1 amide bonds. The number of hydrogen-bond donors (Lipinski definition) is 2. The zero-order valence-electron chi connectivity index (χ0n) is 15.7. The summed E-state index contributed by atoms with van der Waals surface area (Å²) < 4.78 is 10.8. The molecule has 1 aliphatic heterocycles. The number of benzene rings is 2. The molecule has 3 rings (SSSR count). The Morgan fingerprint density at radius 3 is 2.41 bits per heavy atom. The third-order valence-corrected chi connectivity index (χ3v) is 4.42. The Labute approximate surface area is 160 Å². The number of hydrogen-bond acceptors (Lipinski definition) is 5. The van der Waals surface area contributed by atoms with E-state index in [1.807, 2.05) is 55.5 Å². The van der Waals surface area contributed by atoms with Crippen LogP contribution >= 0.6 is 0 Å². The number of carbonyl (C=O) groups is 1. The molecule has 1 fully saturated rings. The Bertz CT molecular complexity index is 710. The van der Waals surface area contributed by atoms with Crippen LogP contribution in [0, 0.1) is 6.92 Å². The molecule has 6 heteroatoms. The van der Waals surface area contributed by atoms with Crippen molar-refractivity contribution in [1.82, 2.24) is 4.90 Å². The fraction of sp³-hybridized carbons (Fsp3) is 0.381. The quantitative estimate of drug-likeness (QED) is 0.749. The highest BCUT2D eigenvalue weighted by atomic mass is 16.5. The first-order valence-electron chi connectivity index (χ1n) is 9.32. The summed E-state index contributed by atoms with van der Waals surface area (Å²) in [5.74, 6) is 0.513. The fourth-order valence-corrected chi connectivity index (χ4v) is 2.83. The maximum atomic E-state index is 12.0. The van der Waals surface area contributed by atoms with Crippen molar-refractivity contribution in [3.05, 3.63) is 54.1 Å². The van der Waals surface area contributed by atoms with E-state index in [4.69, 9.17) is 9.47 Å². The number of nitrogens with one attached hydrogen (secondary N) is 2. The largest absolute Gasteiger partial charge is 0.484 e. The highest BCUT2D eigenvalue weighted by molar-refractivity contribution is 5.92. The number of amides is 1. The van der Waals surface area contributed by atoms with E-state index in [1.165, 1.54) is 0 Å². The van der Waals surface area contributed by atoms with Gasteiger partial charge in [-0.1, -0.05) is 17.7 Å². The summed E-state index contributed by atoms with van der Waals surface area (Å²) in [5, 5.41) is 6.25. The van der Waals surface area contributed by atoms with Crippen LogP contribution in [0.2, 0.25) is 0 Å². The number of morpholine rings is 1. The maximum absolute atomic E-state index is 12.0. The minimum atomic E-state index is -0.177. The molecule has 0 atom stereocenters. The molecule has 6 nitrogen and oxygen atoms in total. The van der Waals surface area contributed by atoms with Gasteiger partial charge in [-0.15, -0.1) is 0 Å². The second-order valence-corrected chi connectivity index (χ2v) is 6.61. The minimum Gasteiger partial charge on any atom is -0.484 e. The number of aryl methyl sites for hydroxylation is 1. The van der Waals surface area contributed by atoms with Crippen LogP contribution in [0.4, 0.5) is 11.4 Å². The summed E-state index contributed by atoms with van der Waals surface area (Å²) >= 11 is 0. The molecule has 2 aromatic carbocycles. The first-order chi connectivity index (χ1) is 13.2. The molecule has 1 saturated heterocycles. The Kier molecular flexibility index (Phi) is 7.07. The van der Waals surface area contributed by atoms with E-state index >= 15 is 0 Å². The molecule has 0 saturated carbocycles. The normalized spacial score (nSPS) is 14.6. The predicted molar refractivity (Wildman–Crippen MR) is 107 cm³/mol. The standard InChI is InChI=1S/C21H27N3O3/c1-17-2-8-20(9-3-17)27-16-21(25)23-19-6-4-18(5-7-19)22-10-11-24-12-14-26-15-13-24/h2-9,22H,10-16H2,1H3,(H,23,25). The van der Waals surface area contributed by atoms with Crippen LogP contribution in [0.3, 0.4) is 0 Å². The van der Waals surface area contributed by atoms with Crippen molar-refractivity contribution in [3.8, 4) is 5.75 Å². The lowest BCUT2D eigenvalue weighted by atomic mass is 10.2. The Hall–Kier alpha value is -2.57. The molecule has 2 N–H and O–H groups in total. The van der Waals surface area contributed by atoms with Crippen LogP contribution in [-0.2, 0) is 9.53 Å². The number of anilines is 2. The molecule has 2 aromatic rings. The van der Waals surface area contributed by atoms with Crippen LogP contribution in [0.25, 0.3) is 0 Å². The van der Waals surface area contributed by atoms with Crippen molar-refractivity contribution in [3.63, 3.8) is 0 Å². The summed E-state index contributed by atoms with van der Waals surface area (Å²) in [4.78, 5) is 14.4. The second-order valence-electron chi connectivity index (χ2n) is 6.61. The average Bonchev–Trinajstić information content (AvgIpc) is 2.70. The second kappa shape index (κ2) is 9.94. The van der Waals surface area contributed by atoms with Crippen molar-refractivity contribution in [1.29, 1.82) is 0 Å². The summed E-state index contributed by atoms with van der Waals surface area (Å²) in [6.45, 7) is 7.52. The Morgan fingerprint density at radius 2 is 1.70 bits per heavy atom. The molecule has 0 bridgehead atoms. The molecule has 0 aliphatic carbocycles. The van der Waals surface area contributed by atoms with E-state index in [0.717, 1.165) is 56.3 Å². The van der Waals surface area contributed by atoms with E-state index in [-0.39, 0.29) is 12.5 Å². The van der Waals surface area contributed by atoms with Gasteiger partial charge in [0.15, 0.2) is 6.61 Å². The monoisotopic (exact) mass is 369 g/mol. The SMILES string of the molecule is Cc1ccc(OCC(=O)Nc2ccc(NCCN3CCOCC3)cc2)cc1. The van der Waals surface area contributed by atoms with Crippen LogP contribution in [-0.4, -0.2) is 56.8 Å². The molecule has 1 heterocycles. The summed E-state index contributed by atoms with van der Waals surface area (Å²) in [6, 6.07) is 15.4. The number of nitrogens with zero attached hydrogens (tertiary/aromatic N) is 1. The van der Waals surface area contributed by atoms with Crippen molar-refractivity contribution in [2.75, 3.05) is 56.6 Å². The van der Waals surface area contributed by atoms with Gasteiger partial charge in [0, 0.05) is 37.6 Å². The van der Waals surface area contributed by atoms with Gasteiger partial charge in [-0.3, -0.25) is 9.69 Å². The van der Waals surface area contributed by atoms with Crippen LogP contribution in [0.5, 0.6) is 5.75 Å². The molecule has 27 heavy (non-hydrogen) atoms. The van der Waals surface area contributed by atoms with Gasteiger partial charge in [-0.2, -0.15) is 0 Å². The third-order valence-electron chi connectivity index (χ3n) is 4.42. The van der Waals surface area contributed by atoms with Gasteiger partial charge >= 0.3 is 0 Å². The smallest absolute Gasteiger partial charge is 0.262 e. The molecule has 0 radical (unpaired) electrons. The van der Waals surface area contributed by atoms with Crippen molar-refractivity contribution >= 4 is 17.3 Å². The van der Waals surface area contributed by atoms with E-state index in [9.17, 15) is 4.79 Å². The van der Waals surface area contributed by atoms with Crippen molar-refractivity contribution in [2.24, 2.45) is 0 Å². The van der Waals surface area contributed by atoms with Crippen LogP contribution in [0.15, 0.2) is 48.5 Å². The van der Waals surface area contributed by atoms with Gasteiger partial charge in [0.25, 0.3) is 5.91 Å². The average molecular weight is 369 g/mol. The molecular formula is C21H27N3O3. The van der Waals surface area contributed by atoms with E-state index in [0.29, 0.717) is 5.75 Å². The number of ether oxygens (including phenoxy) is 2. The lowest BCUT2D eigenvalue weighted by Gasteiger charge is -2.26. The molecule has 1 aliphatic rings. The molecule has 0 unspecified atom stereocenters. The third kappa shape index (κ3) is 6.58. The van der Waals surface area contributed by atoms with Gasteiger partial charge in [0.05, 0.1) is 13.2 Å². The zero-order valence-corrected chi connectivity index (χ0v) is 15.7. The van der Waals surface area contributed by atoms with Gasteiger partial charge < -0.3 is 20.1 Å². The van der Waals surface area contributed by atoms with Gasteiger partial charge in [-0.25, -0.2) is 0 Å². The highest BCUT2D eigenvalue weighted by Gasteiger charge is 2.09. The van der Waals surface area contributed by atoms with Crippen molar-refractivity contribution < 1.29 is 14.3 Å². The minimum absolute atomic E-state index is 0.0113. The molecule has 0 aromatic heterocycles. The lowest BCUT2D eigenvalue weighted by Crippen LogP contribution is -2.38. The first-order valence-corrected chi connectivity index (χ1v) is 9.32. The van der Waals surface area contributed by atoms with Gasteiger partial charge in [0.2, 0.25) is 0 Å². The summed E-state index contributed by atoms with van der Waals surface area (Å²) in [6.07, 6.45) is 0. The topological polar surface area (TPSA) is 62.8 Å². The summed E-state index contributed by atoms with van der Waals surface area (Å²) in [7, 11) is 0. The molecular weight excluding hydrogens is 342 g/mol. The van der Waals surface area contributed by atoms with Crippen LogP contribution in [0.1, 0.15) is 5.56 Å². The predicted octanol–water partition coefficient (Wildman–Crippen LogP) is 2.76. The van der Waals surface area contributed by atoms with E-state index in [2.05, 4.69) is 15.5 Å². The Morgan fingerprint density at radius 1 is 1.04 bits per heavy atom. The number of carbonyl (C=O) groups excluding carboxylic acids is 1. The van der Waals surface area contributed by atoms with E-state index < -0.39 is 0 Å². The molecule has 0 spiro atoms. The fourth-order valence-electron chi connectivity index (χ4n) is 2.83. The van der Waals surface area contributed by atoms with Crippen LogP contribution < -0.4 is 15.4 Å². The number of rotatable bonds is 8. The van der Waals surface area contributed by atoms with Crippen molar-refractivity contribution in [2.45, 2.75) is 6.92 Å². The lowest BCUT2D eigenvalue weighted by molar-refractivity contribution is -0.118. The molecule has 144 valence electrons. The first kappa shape index (κ1) is 19.2. The summed E-state index contributed by atoms with van der Waals surface area (Å²) in [5.41, 5.74) is 2.95. The zero-order chi connectivity index (χ0) is 18.9. The van der Waals surface area contributed by atoms with Gasteiger partial charge in [-0.05, 0) is 43.3 Å². The van der Waals surface area contributed by atoms with E-state index in [1.54, 1.807) is 0 Å². The van der Waals surface area contributed by atoms with Gasteiger partial charge in [0.1, 0.15) is 5.75 Å².